The van der Waals surface area contributed by atoms with Gasteiger partial charge >= 0.3 is 0 Å². The lowest BCUT2D eigenvalue weighted by atomic mass is 9.47. The fourth-order valence-corrected chi connectivity index (χ4v) is 8.02. The standard InChI is InChI=1S/C24H41NO/c1-16(25(4)5)20-9-10-21-19-8-7-17-15-18(26-6)11-13-23(17,2)22(19)12-14-24(20,21)3/h7,16,18-22H,8-15H2,1-6H3/t16-,18+,19+,20+,21+,22+,23-,24+/m0/s1. The summed E-state index contributed by atoms with van der Waals surface area (Å²) < 4.78 is 5.72. The van der Waals surface area contributed by atoms with Crippen LogP contribution < -0.4 is 0 Å². The van der Waals surface area contributed by atoms with Crippen LogP contribution in [0.1, 0.15) is 72.1 Å². The number of rotatable bonds is 3. The summed E-state index contributed by atoms with van der Waals surface area (Å²) >= 11 is 0. The van der Waals surface area contributed by atoms with E-state index >= 15 is 0 Å². The minimum atomic E-state index is 0.463. The molecule has 0 aromatic heterocycles. The number of fused-ring (bicyclic) bond motifs is 5. The van der Waals surface area contributed by atoms with E-state index < -0.39 is 0 Å². The highest BCUT2D eigenvalue weighted by molar-refractivity contribution is 5.25. The Balaban J connectivity index is 1.60. The summed E-state index contributed by atoms with van der Waals surface area (Å²) in [6.45, 7) is 7.74. The summed E-state index contributed by atoms with van der Waals surface area (Å²) in [6.07, 6.45) is 14.1. The van der Waals surface area contributed by atoms with Crippen molar-refractivity contribution in [3.8, 4) is 0 Å². The highest BCUT2D eigenvalue weighted by atomic mass is 16.5. The molecule has 0 bridgehead atoms. The number of methoxy groups -OCH3 is 1. The van der Waals surface area contributed by atoms with Gasteiger partial charge in [-0.25, -0.2) is 0 Å². The van der Waals surface area contributed by atoms with Gasteiger partial charge in [0, 0.05) is 13.2 Å². The molecule has 0 amide bonds. The molecule has 0 N–H and O–H groups in total. The molecule has 4 aliphatic carbocycles. The Morgan fingerprint density at radius 1 is 1.08 bits per heavy atom. The van der Waals surface area contributed by atoms with Gasteiger partial charge in [-0.05, 0) is 107 Å². The second-order valence-electron chi connectivity index (χ2n) is 10.8. The van der Waals surface area contributed by atoms with Crippen LogP contribution in [0.25, 0.3) is 0 Å². The first-order valence-corrected chi connectivity index (χ1v) is 11.2. The van der Waals surface area contributed by atoms with Crippen LogP contribution in [0.4, 0.5) is 0 Å². The zero-order valence-electron chi connectivity index (χ0n) is 18.1. The highest BCUT2D eigenvalue weighted by Gasteiger charge is 2.59. The van der Waals surface area contributed by atoms with E-state index in [1.807, 2.05) is 7.11 Å². The molecule has 0 heterocycles. The van der Waals surface area contributed by atoms with Gasteiger partial charge in [-0.2, -0.15) is 0 Å². The predicted molar refractivity (Wildman–Crippen MR) is 109 cm³/mol. The van der Waals surface area contributed by atoms with Crippen LogP contribution in [-0.2, 0) is 4.74 Å². The van der Waals surface area contributed by atoms with Crippen LogP contribution in [0.2, 0.25) is 0 Å². The fraction of sp³-hybridized carbons (Fsp3) is 0.917. The van der Waals surface area contributed by atoms with Gasteiger partial charge in [0.1, 0.15) is 0 Å². The number of hydrogen-bond acceptors (Lipinski definition) is 2. The summed E-state index contributed by atoms with van der Waals surface area (Å²) in [5.41, 5.74) is 2.78. The second kappa shape index (κ2) is 6.62. The third-order valence-corrected chi connectivity index (χ3v) is 9.86. The molecule has 4 rings (SSSR count). The molecule has 4 aliphatic rings. The number of hydrogen-bond donors (Lipinski definition) is 0. The van der Waals surface area contributed by atoms with E-state index in [-0.39, 0.29) is 0 Å². The van der Waals surface area contributed by atoms with Crippen molar-refractivity contribution in [1.29, 1.82) is 0 Å². The maximum Gasteiger partial charge on any atom is 0.0608 e. The van der Waals surface area contributed by atoms with Crippen molar-refractivity contribution in [2.75, 3.05) is 21.2 Å². The molecule has 0 spiro atoms. The van der Waals surface area contributed by atoms with Crippen molar-refractivity contribution in [3.63, 3.8) is 0 Å². The largest absolute Gasteiger partial charge is 0.381 e. The Morgan fingerprint density at radius 2 is 1.85 bits per heavy atom. The monoisotopic (exact) mass is 359 g/mol. The van der Waals surface area contributed by atoms with Gasteiger partial charge in [0.2, 0.25) is 0 Å². The molecule has 0 aromatic carbocycles. The van der Waals surface area contributed by atoms with Gasteiger partial charge in [-0.1, -0.05) is 25.5 Å². The Kier molecular flexibility index (Phi) is 4.84. The summed E-state index contributed by atoms with van der Waals surface area (Å²) in [6, 6.07) is 0.712. The number of allylic oxidation sites excluding steroid dienone is 1. The van der Waals surface area contributed by atoms with Crippen LogP contribution in [-0.4, -0.2) is 38.3 Å². The lowest BCUT2D eigenvalue weighted by molar-refractivity contribution is -0.0613. The van der Waals surface area contributed by atoms with E-state index in [2.05, 4.69) is 45.8 Å². The summed E-state index contributed by atoms with van der Waals surface area (Å²) in [7, 11) is 6.45. The highest BCUT2D eigenvalue weighted by Crippen LogP contribution is 2.66. The Labute approximate surface area is 161 Å². The zero-order valence-corrected chi connectivity index (χ0v) is 18.1. The molecule has 0 aromatic rings. The summed E-state index contributed by atoms with van der Waals surface area (Å²) in [5, 5.41) is 0. The van der Waals surface area contributed by atoms with Gasteiger partial charge in [0.05, 0.1) is 6.10 Å². The minimum Gasteiger partial charge on any atom is -0.381 e. The third-order valence-electron chi connectivity index (χ3n) is 9.86. The van der Waals surface area contributed by atoms with E-state index in [4.69, 9.17) is 4.74 Å². The average Bonchev–Trinajstić information content (AvgIpc) is 2.97. The molecular formula is C24H41NO. The first kappa shape index (κ1) is 19.0. The quantitative estimate of drug-likeness (QED) is 0.614. The Morgan fingerprint density at radius 3 is 2.54 bits per heavy atom. The van der Waals surface area contributed by atoms with Gasteiger partial charge < -0.3 is 9.64 Å². The lowest BCUT2D eigenvalue weighted by Crippen LogP contribution is -2.52. The number of nitrogens with zero attached hydrogens (tertiary/aromatic N) is 1. The molecule has 2 nitrogen and oxygen atoms in total. The van der Waals surface area contributed by atoms with E-state index in [0.717, 1.165) is 23.7 Å². The predicted octanol–water partition coefficient (Wildman–Crippen LogP) is 5.53. The molecule has 0 aliphatic heterocycles. The molecule has 148 valence electrons. The first-order valence-electron chi connectivity index (χ1n) is 11.2. The minimum absolute atomic E-state index is 0.463. The van der Waals surface area contributed by atoms with E-state index in [9.17, 15) is 0 Å². The Hall–Kier alpha value is -0.340. The van der Waals surface area contributed by atoms with Crippen molar-refractivity contribution in [2.24, 2.45) is 34.5 Å². The van der Waals surface area contributed by atoms with Gasteiger partial charge in [-0.15, -0.1) is 0 Å². The normalized spacial score (nSPS) is 49.2. The van der Waals surface area contributed by atoms with Crippen molar-refractivity contribution in [3.05, 3.63) is 11.6 Å². The molecule has 0 radical (unpaired) electrons. The van der Waals surface area contributed by atoms with E-state index in [0.29, 0.717) is 23.0 Å². The van der Waals surface area contributed by atoms with Crippen molar-refractivity contribution in [2.45, 2.75) is 84.3 Å². The fourth-order valence-electron chi connectivity index (χ4n) is 8.02. The van der Waals surface area contributed by atoms with E-state index in [1.54, 1.807) is 5.57 Å². The van der Waals surface area contributed by atoms with Crippen molar-refractivity contribution in [1.82, 2.24) is 4.90 Å². The number of ether oxygens (including phenoxy) is 1. The first-order chi connectivity index (χ1) is 12.3. The van der Waals surface area contributed by atoms with Crippen LogP contribution in [0.5, 0.6) is 0 Å². The average molecular weight is 360 g/mol. The smallest absolute Gasteiger partial charge is 0.0608 e. The van der Waals surface area contributed by atoms with Gasteiger partial charge in [-0.3, -0.25) is 0 Å². The van der Waals surface area contributed by atoms with Crippen molar-refractivity contribution >= 4 is 0 Å². The molecular weight excluding hydrogens is 318 g/mol. The molecule has 2 heteroatoms. The molecule has 8 atom stereocenters. The zero-order chi connectivity index (χ0) is 18.7. The third kappa shape index (κ3) is 2.65. The van der Waals surface area contributed by atoms with Gasteiger partial charge in [0.25, 0.3) is 0 Å². The topological polar surface area (TPSA) is 12.5 Å². The maximum absolute atomic E-state index is 5.72. The Bertz CT molecular complexity index is 569. The van der Waals surface area contributed by atoms with E-state index in [1.165, 1.54) is 51.4 Å². The SMILES string of the molecule is CO[C@@H]1CC[C@@]2(C)C(=CC[C@@H]3[C@H]4CC[C@H]([C@H](C)N(C)C)[C@@]4(C)CC[C@H]32)C1. The maximum atomic E-state index is 5.72. The molecule has 3 fully saturated rings. The van der Waals surface area contributed by atoms with Crippen LogP contribution >= 0.6 is 0 Å². The molecule has 0 unspecified atom stereocenters. The van der Waals surface area contributed by atoms with Gasteiger partial charge in [0.15, 0.2) is 0 Å². The van der Waals surface area contributed by atoms with Crippen LogP contribution in [0.3, 0.4) is 0 Å². The summed E-state index contributed by atoms with van der Waals surface area (Å²) in [4.78, 5) is 2.47. The summed E-state index contributed by atoms with van der Waals surface area (Å²) in [5.74, 6) is 3.68. The van der Waals surface area contributed by atoms with Crippen LogP contribution in [0, 0.1) is 34.5 Å². The molecule has 0 saturated heterocycles. The second-order valence-corrected chi connectivity index (χ2v) is 10.8. The van der Waals surface area contributed by atoms with Crippen LogP contribution in [0.15, 0.2) is 11.6 Å². The lowest BCUT2D eigenvalue weighted by Gasteiger charge is -2.58. The molecule has 3 saturated carbocycles. The molecule has 26 heavy (non-hydrogen) atoms. The van der Waals surface area contributed by atoms with Crippen molar-refractivity contribution < 1.29 is 4.74 Å².